The molecule has 4 aromatic rings. The third kappa shape index (κ3) is 6.05. The zero-order chi connectivity index (χ0) is 27.3. The Morgan fingerprint density at radius 3 is 2.58 bits per heavy atom. The smallest absolute Gasteiger partial charge is 0.338 e. The van der Waals surface area contributed by atoms with E-state index in [0.29, 0.717) is 18.7 Å². The molecule has 40 heavy (non-hydrogen) atoms. The predicted molar refractivity (Wildman–Crippen MR) is 155 cm³/mol. The fourth-order valence-corrected chi connectivity index (χ4v) is 5.14. The number of amides is 1. The molecule has 3 heterocycles. The van der Waals surface area contributed by atoms with Gasteiger partial charge in [-0.1, -0.05) is 54.6 Å². The molecule has 3 aromatic carbocycles. The molecule has 1 fully saturated rings. The van der Waals surface area contributed by atoms with Crippen molar-refractivity contribution in [3.8, 4) is 5.75 Å². The number of nitrogens with zero attached hydrogens (tertiary/aromatic N) is 3. The van der Waals surface area contributed by atoms with Crippen molar-refractivity contribution in [3.05, 3.63) is 107 Å². The standard InChI is InChI=1S/C33H31N3O4/c37-32(36-18-16-35(17-19-36)22-25-8-14-31-28(21-25)15-20-39-31)23-40-33(38)27-9-5-24(6-10-27)7-12-29-13-11-26-3-1-2-4-30(26)34-29/h1-14,21H,15-20,22-23H2/b12-7+. The van der Waals surface area contributed by atoms with E-state index in [0.717, 1.165) is 60.6 Å². The van der Waals surface area contributed by atoms with Gasteiger partial charge in [0.2, 0.25) is 0 Å². The number of hydrogen-bond acceptors (Lipinski definition) is 6. The monoisotopic (exact) mass is 533 g/mol. The normalized spacial score (nSPS) is 15.2. The van der Waals surface area contributed by atoms with Gasteiger partial charge >= 0.3 is 5.97 Å². The maximum Gasteiger partial charge on any atom is 0.338 e. The second-order valence-corrected chi connectivity index (χ2v) is 10.2. The molecule has 7 heteroatoms. The van der Waals surface area contributed by atoms with Gasteiger partial charge in [-0.3, -0.25) is 9.69 Å². The number of pyridine rings is 1. The molecular weight excluding hydrogens is 502 g/mol. The van der Waals surface area contributed by atoms with E-state index < -0.39 is 5.97 Å². The van der Waals surface area contributed by atoms with E-state index in [9.17, 15) is 9.59 Å². The lowest BCUT2D eigenvalue weighted by atomic mass is 10.1. The average Bonchev–Trinajstić information content (AvgIpc) is 3.47. The minimum absolute atomic E-state index is 0.162. The van der Waals surface area contributed by atoms with Crippen molar-refractivity contribution in [2.45, 2.75) is 13.0 Å². The number of aromatic nitrogens is 1. The van der Waals surface area contributed by atoms with Crippen molar-refractivity contribution in [2.75, 3.05) is 39.4 Å². The van der Waals surface area contributed by atoms with Crippen LogP contribution in [0, 0.1) is 0 Å². The average molecular weight is 534 g/mol. The topological polar surface area (TPSA) is 72.0 Å². The Kier molecular flexibility index (Phi) is 7.55. The highest BCUT2D eigenvalue weighted by Gasteiger charge is 2.23. The van der Waals surface area contributed by atoms with Gasteiger partial charge in [0.15, 0.2) is 6.61 Å². The van der Waals surface area contributed by atoms with Gasteiger partial charge in [0, 0.05) is 44.5 Å². The van der Waals surface area contributed by atoms with Gasteiger partial charge < -0.3 is 14.4 Å². The highest BCUT2D eigenvalue weighted by molar-refractivity contribution is 5.91. The first-order valence-corrected chi connectivity index (χ1v) is 13.7. The van der Waals surface area contributed by atoms with Crippen molar-refractivity contribution in [3.63, 3.8) is 0 Å². The Balaban J connectivity index is 0.954. The lowest BCUT2D eigenvalue weighted by Crippen LogP contribution is -2.49. The van der Waals surface area contributed by atoms with Gasteiger partial charge in [-0.15, -0.1) is 0 Å². The zero-order valence-corrected chi connectivity index (χ0v) is 22.3. The van der Waals surface area contributed by atoms with Gasteiger partial charge in [0.25, 0.3) is 5.91 Å². The summed E-state index contributed by atoms with van der Waals surface area (Å²) in [5.74, 6) is 0.334. The maximum atomic E-state index is 12.7. The van der Waals surface area contributed by atoms with E-state index in [4.69, 9.17) is 9.47 Å². The van der Waals surface area contributed by atoms with Crippen LogP contribution in [0.4, 0.5) is 0 Å². The summed E-state index contributed by atoms with van der Waals surface area (Å²) in [4.78, 5) is 34.0. The number of esters is 1. The third-order valence-corrected chi connectivity index (χ3v) is 7.42. The summed E-state index contributed by atoms with van der Waals surface area (Å²) in [5, 5.41) is 1.10. The molecule has 0 radical (unpaired) electrons. The molecule has 2 aliphatic rings. The van der Waals surface area contributed by atoms with Crippen molar-refractivity contribution in [1.82, 2.24) is 14.8 Å². The molecule has 1 saturated heterocycles. The maximum absolute atomic E-state index is 12.7. The van der Waals surface area contributed by atoms with E-state index >= 15 is 0 Å². The second kappa shape index (κ2) is 11.7. The van der Waals surface area contributed by atoms with Crippen molar-refractivity contribution in [1.29, 1.82) is 0 Å². The van der Waals surface area contributed by atoms with Crippen LogP contribution in [-0.2, 0) is 22.5 Å². The fraction of sp³-hybridized carbons (Fsp3) is 0.242. The number of rotatable bonds is 7. The van der Waals surface area contributed by atoms with E-state index in [2.05, 4.69) is 28.1 Å². The largest absolute Gasteiger partial charge is 0.493 e. The first-order valence-electron chi connectivity index (χ1n) is 13.7. The van der Waals surface area contributed by atoms with Gasteiger partial charge in [-0.2, -0.15) is 0 Å². The number of carbonyl (C=O) groups excluding carboxylic acids is 2. The van der Waals surface area contributed by atoms with Crippen molar-refractivity contribution >= 4 is 34.9 Å². The fourth-order valence-electron chi connectivity index (χ4n) is 5.14. The lowest BCUT2D eigenvalue weighted by molar-refractivity contribution is -0.136. The van der Waals surface area contributed by atoms with Crippen LogP contribution in [0.5, 0.6) is 5.75 Å². The van der Waals surface area contributed by atoms with Crippen LogP contribution in [0.15, 0.2) is 78.9 Å². The van der Waals surface area contributed by atoms with Crippen LogP contribution in [0.2, 0.25) is 0 Å². The van der Waals surface area contributed by atoms with Crippen LogP contribution in [0.3, 0.4) is 0 Å². The van der Waals surface area contributed by atoms with E-state index in [-0.39, 0.29) is 12.5 Å². The lowest BCUT2D eigenvalue weighted by Gasteiger charge is -2.34. The van der Waals surface area contributed by atoms with E-state index in [1.54, 1.807) is 17.0 Å². The first kappa shape index (κ1) is 25.8. The number of hydrogen-bond donors (Lipinski definition) is 0. The number of ether oxygens (including phenoxy) is 2. The molecule has 0 unspecified atom stereocenters. The Labute approximate surface area is 233 Å². The molecule has 1 aromatic heterocycles. The van der Waals surface area contributed by atoms with E-state index in [1.807, 2.05) is 60.7 Å². The summed E-state index contributed by atoms with van der Waals surface area (Å²) in [7, 11) is 0. The molecular formula is C33H31N3O4. The Hall–Kier alpha value is -4.49. The molecule has 0 bridgehead atoms. The Morgan fingerprint density at radius 2 is 1.73 bits per heavy atom. The molecule has 0 aliphatic carbocycles. The summed E-state index contributed by atoms with van der Waals surface area (Å²) in [6.45, 7) is 4.19. The number of fused-ring (bicyclic) bond motifs is 2. The molecule has 0 saturated carbocycles. The summed E-state index contributed by atoms with van der Waals surface area (Å²) in [5.41, 5.74) is 5.71. The highest BCUT2D eigenvalue weighted by atomic mass is 16.5. The van der Waals surface area contributed by atoms with Crippen LogP contribution in [-0.4, -0.2) is 66.1 Å². The van der Waals surface area contributed by atoms with Gasteiger partial charge in [-0.25, -0.2) is 9.78 Å². The van der Waals surface area contributed by atoms with Crippen LogP contribution in [0.1, 0.15) is 32.7 Å². The first-order chi connectivity index (χ1) is 19.6. The van der Waals surface area contributed by atoms with Crippen LogP contribution in [0.25, 0.3) is 23.1 Å². The van der Waals surface area contributed by atoms with E-state index in [1.165, 1.54) is 11.1 Å². The minimum atomic E-state index is -0.501. The molecule has 7 nitrogen and oxygen atoms in total. The summed E-state index contributed by atoms with van der Waals surface area (Å²) in [6, 6.07) is 25.5. The van der Waals surface area contributed by atoms with Crippen LogP contribution < -0.4 is 4.74 Å². The molecule has 1 amide bonds. The summed E-state index contributed by atoms with van der Waals surface area (Å²) >= 11 is 0. The van der Waals surface area contributed by atoms with Crippen molar-refractivity contribution < 1.29 is 19.1 Å². The second-order valence-electron chi connectivity index (χ2n) is 10.2. The Morgan fingerprint density at radius 1 is 0.900 bits per heavy atom. The quantitative estimate of drug-likeness (QED) is 0.317. The number of piperazine rings is 1. The predicted octanol–water partition coefficient (Wildman–Crippen LogP) is 4.84. The molecule has 2 aliphatic heterocycles. The SMILES string of the molecule is O=C(OCC(=O)N1CCN(Cc2ccc3c(c2)CCO3)CC1)c1ccc(/C=C/c2ccc3ccccc3n2)cc1. The van der Waals surface area contributed by atoms with Gasteiger partial charge in [0.05, 0.1) is 23.4 Å². The number of benzene rings is 3. The molecule has 0 N–H and O–H groups in total. The number of carbonyl (C=O) groups is 2. The zero-order valence-electron chi connectivity index (χ0n) is 22.3. The summed E-state index contributed by atoms with van der Waals surface area (Å²) in [6.07, 6.45) is 4.86. The highest BCUT2D eigenvalue weighted by Crippen LogP contribution is 2.26. The number of para-hydroxylation sites is 1. The minimum Gasteiger partial charge on any atom is -0.493 e. The van der Waals surface area contributed by atoms with Gasteiger partial charge in [0.1, 0.15) is 5.75 Å². The van der Waals surface area contributed by atoms with Crippen LogP contribution >= 0.6 is 0 Å². The van der Waals surface area contributed by atoms with Gasteiger partial charge in [-0.05, 0) is 53.1 Å². The van der Waals surface area contributed by atoms with Crippen molar-refractivity contribution in [2.24, 2.45) is 0 Å². The molecule has 0 atom stereocenters. The summed E-state index contributed by atoms with van der Waals surface area (Å²) < 4.78 is 10.9. The molecule has 202 valence electrons. The molecule has 6 rings (SSSR count). The third-order valence-electron chi connectivity index (χ3n) is 7.42. The Bertz CT molecular complexity index is 1560. The molecule has 0 spiro atoms.